The van der Waals surface area contributed by atoms with Gasteiger partial charge < -0.3 is 9.47 Å². The van der Waals surface area contributed by atoms with Crippen LogP contribution in [0.15, 0.2) is 40.4 Å². The summed E-state index contributed by atoms with van der Waals surface area (Å²) in [5, 5.41) is 2.69. The molecule has 1 aliphatic heterocycles. The monoisotopic (exact) mass is 516 g/mol. The number of hydrogen-bond acceptors (Lipinski definition) is 5. The lowest BCUT2D eigenvalue weighted by molar-refractivity contribution is -0.122. The van der Waals surface area contributed by atoms with Gasteiger partial charge in [0.05, 0.1) is 22.9 Å². The molecule has 0 atom stereocenters. The van der Waals surface area contributed by atoms with Crippen LogP contribution < -0.4 is 19.7 Å². The summed E-state index contributed by atoms with van der Waals surface area (Å²) in [7, 11) is 0. The number of carbonyl (C=O) groups is 2. The second-order valence-corrected chi connectivity index (χ2v) is 8.92. The number of nitrogens with one attached hydrogen (secondary N) is 1. The van der Waals surface area contributed by atoms with Crippen LogP contribution in [0, 0.1) is 13.8 Å². The maximum Gasteiger partial charge on any atom is 0.270 e. The molecular weight excluding hydrogens is 492 g/mol. The Morgan fingerprint density at radius 2 is 1.91 bits per heavy atom. The number of thiocarbonyl (C=S) groups is 1. The molecule has 1 fully saturated rings. The van der Waals surface area contributed by atoms with Crippen LogP contribution in [-0.4, -0.2) is 29.6 Å². The molecule has 8 heteroatoms. The van der Waals surface area contributed by atoms with Crippen LogP contribution >= 0.6 is 28.1 Å². The van der Waals surface area contributed by atoms with E-state index in [2.05, 4.69) is 21.2 Å². The summed E-state index contributed by atoms with van der Waals surface area (Å²) in [5.41, 5.74) is 3.09. The van der Waals surface area contributed by atoms with Gasteiger partial charge in [0, 0.05) is 0 Å². The zero-order valence-corrected chi connectivity index (χ0v) is 21.0. The Labute approximate surface area is 201 Å². The van der Waals surface area contributed by atoms with Crippen molar-refractivity contribution in [2.75, 3.05) is 11.5 Å². The van der Waals surface area contributed by atoms with Gasteiger partial charge in [0.1, 0.15) is 5.57 Å². The zero-order valence-electron chi connectivity index (χ0n) is 18.6. The molecule has 3 rings (SSSR count). The topological polar surface area (TPSA) is 67.9 Å². The summed E-state index contributed by atoms with van der Waals surface area (Å²) < 4.78 is 12.3. The van der Waals surface area contributed by atoms with Crippen molar-refractivity contribution >= 4 is 56.8 Å². The Morgan fingerprint density at radius 3 is 2.56 bits per heavy atom. The molecule has 0 unspecified atom stereocenters. The van der Waals surface area contributed by atoms with Crippen LogP contribution in [0.4, 0.5) is 5.69 Å². The number of aryl methyl sites for hydroxylation is 2. The van der Waals surface area contributed by atoms with E-state index in [-0.39, 0.29) is 16.8 Å². The molecule has 2 aromatic carbocycles. The standard InChI is InChI=1S/C24H25BrN2O4S/c1-6-30-20-12-16(11-18(25)21(20)31-13(2)3)10-17-22(28)26-24(32)27(23(17)29)19-9-14(4)7-8-15(19)5/h7-13H,6H2,1-5H3,(H,26,28,32)/b17-10+. The van der Waals surface area contributed by atoms with Gasteiger partial charge in [-0.25, -0.2) is 0 Å². The molecule has 2 amide bonds. The van der Waals surface area contributed by atoms with Crippen LogP contribution in [0.5, 0.6) is 11.5 Å². The number of carbonyl (C=O) groups excluding carboxylic acids is 2. The minimum absolute atomic E-state index is 0.0219. The van der Waals surface area contributed by atoms with Crippen LogP contribution in [0.1, 0.15) is 37.5 Å². The average molecular weight is 517 g/mol. The van der Waals surface area contributed by atoms with Crippen molar-refractivity contribution in [3.63, 3.8) is 0 Å². The summed E-state index contributed by atoms with van der Waals surface area (Å²) in [5.74, 6) is 0.0665. The Morgan fingerprint density at radius 1 is 1.19 bits per heavy atom. The number of hydrogen-bond donors (Lipinski definition) is 1. The van der Waals surface area contributed by atoms with Gasteiger partial charge >= 0.3 is 0 Å². The number of amides is 2. The number of rotatable bonds is 6. The molecule has 1 aliphatic rings. The van der Waals surface area contributed by atoms with Crippen LogP contribution in [0.2, 0.25) is 0 Å². The van der Waals surface area contributed by atoms with Crippen molar-refractivity contribution in [1.29, 1.82) is 0 Å². The number of halogens is 1. The summed E-state index contributed by atoms with van der Waals surface area (Å²) >= 11 is 8.84. The van der Waals surface area contributed by atoms with E-state index >= 15 is 0 Å². The molecule has 0 radical (unpaired) electrons. The molecule has 0 aromatic heterocycles. The second-order valence-electron chi connectivity index (χ2n) is 7.68. The number of anilines is 1. The molecule has 0 spiro atoms. The minimum Gasteiger partial charge on any atom is -0.490 e. The highest BCUT2D eigenvalue weighted by atomic mass is 79.9. The second kappa shape index (κ2) is 9.83. The summed E-state index contributed by atoms with van der Waals surface area (Å²) in [6.07, 6.45) is 1.48. The predicted molar refractivity (Wildman–Crippen MR) is 133 cm³/mol. The van der Waals surface area contributed by atoms with E-state index in [9.17, 15) is 9.59 Å². The Bertz CT molecular complexity index is 1130. The number of benzene rings is 2. The first-order valence-electron chi connectivity index (χ1n) is 10.2. The third kappa shape index (κ3) is 5.02. The van der Waals surface area contributed by atoms with Crippen LogP contribution in [0.3, 0.4) is 0 Å². The van der Waals surface area contributed by atoms with E-state index in [1.807, 2.05) is 52.8 Å². The average Bonchev–Trinajstić information content (AvgIpc) is 2.70. The van der Waals surface area contributed by atoms with Gasteiger partial charge in [-0.05, 0) is 104 Å². The SMILES string of the molecule is CCOc1cc(/C=C2\C(=O)NC(=S)N(c3cc(C)ccc3C)C2=O)cc(Br)c1OC(C)C. The number of nitrogens with zero attached hydrogens (tertiary/aromatic N) is 1. The van der Waals surface area contributed by atoms with E-state index in [0.29, 0.717) is 33.8 Å². The Kier molecular flexibility index (Phi) is 7.36. The molecular formula is C24H25BrN2O4S. The fourth-order valence-corrected chi connectivity index (χ4v) is 4.11. The van der Waals surface area contributed by atoms with E-state index in [1.54, 1.807) is 12.1 Å². The molecule has 0 saturated carbocycles. The van der Waals surface area contributed by atoms with Crippen molar-refractivity contribution in [1.82, 2.24) is 5.32 Å². The van der Waals surface area contributed by atoms with Crippen molar-refractivity contribution < 1.29 is 19.1 Å². The van der Waals surface area contributed by atoms with Crippen molar-refractivity contribution in [3.8, 4) is 11.5 Å². The molecule has 0 aliphatic carbocycles. The minimum atomic E-state index is -0.543. The Hall–Kier alpha value is -2.71. The fraction of sp³-hybridized carbons (Fsp3) is 0.292. The molecule has 0 bridgehead atoms. The Balaban J connectivity index is 2.07. The van der Waals surface area contributed by atoms with Crippen molar-refractivity contribution in [3.05, 3.63) is 57.1 Å². The molecule has 1 heterocycles. The van der Waals surface area contributed by atoms with Gasteiger partial charge in [0.2, 0.25) is 0 Å². The third-order valence-electron chi connectivity index (χ3n) is 4.70. The van der Waals surface area contributed by atoms with E-state index in [1.165, 1.54) is 11.0 Å². The fourth-order valence-electron chi connectivity index (χ4n) is 3.29. The smallest absolute Gasteiger partial charge is 0.270 e. The summed E-state index contributed by atoms with van der Waals surface area (Å²) in [6.45, 7) is 9.99. The van der Waals surface area contributed by atoms with Crippen molar-refractivity contribution in [2.45, 2.75) is 40.7 Å². The quantitative estimate of drug-likeness (QED) is 0.329. The normalized spacial score (nSPS) is 15.4. The van der Waals surface area contributed by atoms with E-state index in [4.69, 9.17) is 21.7 Å². The molecule has 6 nitrogen and oxygen atoms in total. The van der Waals surface area contributed by atoms with Gasteiger partial charge in [0.25, 0.3) is 11.8 Å². The summed E-state index contributed by atoms with van der Waals surface area (Å²) in [6, 6.07) is 9.27. The molecule has 32 heavy (non-hydrogen) atoms. The van der Waals surface area contributed by atoms with Gasteiger partial charge in [-0.1, -0.05) is 12.1 Å². The van der Waals surface area contributed by atoms with Gasteiger partial charge in [-0.3, -0.25) is 19.8 Å². The van der Waals surface area contributed by atoms with Gasteiger partial charge in [-0.2, -0.15) is 0 Å². The highest BCUT2D eigenvalue weighted by Crippen LogP contribution is 2.38. The van der Waals surface area contributed by atoms with Crippen LogP contribution in [0.25, 0.3) is 6.08 Å². The summed E-state index contributed by atoms with van der Waals surface area (Å²) in [4.78, 5) is 27.4. The maximum absolute atomic E-state index is 13.4. The zero-order chi connectivity index (χ0) is 23.6. The highest BCUT2D eigenvalue weighted by Gasteiger charge is 2.35. The van der Waals surface area contributed by atoms with Gasteiger partial charge in [-0.15, -0.1) is 0 Å². The predicted octanol–water partition coefficient (Wildman–Crippen LogP) is 5.08. The first-order valence-corrected chi connectivity index (χ1v) is 11.4. The van der Waals surface area contributed by atoms with Crippen LogP contribution in [-0.2, 0) is 9.59 Å². The first-order chi connectivity index (χ1) is 15.1. The maximum atomic E-state index is 13.4. The first kappa shape index (κ1) is 23.9. The molecule has 1 N–H and O–H groups in total. The van der Waals surface area contributed by atoms with Crippen molar-refractivity contribution in [2.24, 2.45) is 0 Å². The lowest BCUT2D eigenvalue weighted by atomic mass is 10.0. The van der Waals surface area contributed by atoms with E-state index < -0.39 is 11.8 Å². The molecule has 2 aromatic rings. The van der Waals surface area contributed by atoms with E-state index in [0.717, 1.165) is 11.1 Å². The lowest BCUT2D eigenvalue weighted by Crippen LogP contribution is -2.54. The lowest BCUT2D eigenvalue weighted by Gasteiger charge is -2.30. The largest absolute Gasteiger partial charge is 0.490 e. The molecule has 168 valence electrons. The van der Waals surface area contributed by atoms with Gasteiger partial charge in [0.15, 0.2) is 16.6 Å². The molecule has 1 saturated heterocycles. The third-order valence-corrected chi connectivity index (χ3v) is 5.58. The number of ether oxygens (including phenoxy) is 2. The highest BCUT2D eigenvalue weighted by molar-refractivity contribution is 9.10.